The Labute approximate surface area is 169 Å². The van der Waals surface area contributed by atoms with Gasteiger partial charge in [0, 0.05) is 4.88 Å². The summed E-state index contributed by atoms with van der Waals surface area (Å²) in [5.41, 5.74) is 2.13. The number of amides is 1. The second-order valence-corrected chi connectivity index (χ2v) is 8.91. The Balaban J connectivity index is 1.66. The Morgan fingerprint density at radius 3 is 2.86 bits per heavy atom. The zero-order chi connectivity index (χ0) is 19.8. The molecule has 0 fully saturated rings. The number of carbonyl (C=O) groups is 1. The van der Waals surface area contributed by atoms with Crippen molar-refractivity contribution in [2.75, 3.05) is 26.2 Å². The lowest BCUT2D eigenvalue weighted by atomic mass is 9.89. The molecule has 1 aliphatic rings. The number of nitrogens with zero attached hydrogens (tertiary/aromatic N) is 4. The van der Waals surface area contributed by atoms with Gasteiger partial charge in [-0.1, -0.05) is 6.92 Å². The zero-order valence-corrected chi connectivity index (χ0v) is 17.9. The Hall–Kier alpha value is -2.06. The van der Waals surface area contributed by atoms with Gasteiger partial charge in [0.05, 0.1) is 31.6 Å². The second kappa shape index (κ2) is 7.75. The highest BCUT2D eigenvalue weighted by atomic mass is 32.1. The van der Waals surface area contributed by atoms with Gasteiger partial charge in [-0.3, -0.25) is 4.79 Å². The minimum Gasteiger partial charge on any atom is -0.344 e. The summed E-state index contributed by atoms with van der Waals surface area (Å²) in [6.07, 6.45) is 3.39. The van der Waals surface area contributed by atoms with E-state index in [9.17, 15) is 4.79 Å². The molecule has 150 valence electrons. The van der Waals surface area contributed by atoms with Crippen molar-refractivity contribution in [3.05, 3.63) is 22.1 Å². The monoisotopic (exact) mass is 401 g/mol. The van der Waals surface area contributed by atoms with Crippen LogP contribution in [0.3, 0.4) is 0 Å². The van der Waals surface area contributed by atoms with E-state index < -0.39 is 0 Å². The fraction of sp³-hybridized carbons (Fsp3) is 0.600. The third kappa shape index (κ3) is 3.39. The fourth-order valence-corrected chi connectivity index (χ4v) is 5.33. The van der Waals surface area contributed by atoms with Crippen molar-refractivity contribution in [2.45, 2.75) is 47.0 Å². The largest absolute Gasteiger partial charge is 0.344 e. The van der Waals surface area contributed by atoms with Crippen molar-refractivity contribution < 1.29 is 9.69 Å². The van der Waals surface area contributed by atoms with Crippen molar-refractivity contribution in [3.63, 3.8) is 0 Å². The van der Waals surface area contributed by atoms with Crippen LogP contribution in [-0.2, 0) is 12.8 Å². The first-order valence-electron chi connectivity index (χ1n) is 10.3. The molecule has 3 aromatic heterocycles. The van der Waals surface area contributed by atoms with E-state index in [-0.39, 0.29) is 11.7 Å². The molecule has 1 aliphatic carbocycles. The number of thiophene rings is 1. The highest BCUT2D eigenvalue weighted by molar-refractivity contribution is 7.19. The molecule has 0 saturated carbocycles. The number of nitrogens with one attached hydrogen (secondary N) is 2. The molecule has 0 radical (unpaired) electrons. The number of hydrogen-bond acceptors (Lipinski definition) is 5. The molecule has 28 heavy (non-hydrogen) atoms. The molecule has 0 spiro atoms. The van der Waals surface area contributed by atoms with Crippen molar-refractivity contribution in [1.29, 1.82) is 0 Å². The number of likely N-dealkylation sites (N-methyl/N-ethyl adjacent to an activating group) is 1. The van der Waals surface area contributed by atoms with E-state index in [4.69, 9.17) is 4.98 Å². The maximum absolute atomic E-state index is 12.6. The molecule has 4 rings (SSSR count). The van der Waals surface area contributed by atoms with Crippen LogP contribution >= 0.6 is 11.3 Å². The van der Waals surface area contributed by atoms with Crippen molar-refractivity contribution in [2.24, 2.45) is 5.92 Å². The number of aryl methyl sites for hydroxylation is 2. The summed E-state index contributed by atoms with van der Waals surface area (Å²) in [6, 6.07) is 0. The van der Waals surface area contributed by atoms with Gasteiger partial charge in [0.25, 0.3) is 5.91 Å². The minimum atomic E-state index is -0.208. The van der Waals surface area contributed by atoms with Crippen molar-refractivity contribution in [3.8, 4) is 0 Å². The van der Waals surface area contributed by atoms with Gasteiger partial charge in [-0.25, -0.2) is 9.97 Å². The van der Waals surface area contributed by atoms with Gasteiger partial charge in [0.15, 0.2) is 5.65 Å². The van der Waals surface area contributed by atoms with E-state index in [0.717, 1.165) is 54.2 Å². The first-order valence-corrected chi connectivity index (χ1v) is 11.1. The number of quaternary nitrogens is 1. The van der Waals surface area contributed by atoms with Crippen LogP contribution in [0.2, 0.25) is 0 Å². The van der Waals surface area contributed by atoms with Crippen LogP contribution in [0.5, 0.6) is 0 Å². The van der Waals surface area contributed by atoms with Crippen molar-refractivity contribution >= 4 is 33.1 Å². The summed E-state index contributed by atoms with van der Waals surface area (Å²) in [5.74, 6) is 1.46. The summed E-state index contributed by atoms with van der Waals surface area (Å²) in [5, 5.41) is 8.54. The molecule has 1 amide bonds. The number of carbonyl (C=O) groups excluding carboxylic acids is 1. The number of rotatable bonds is 6. The van der Waals surface area contributed by atoms with Crippen LogP contribution in [0.1, 0.15) is 54.1 Å². The summed E-state index contributed by atoms with van der Waals surface area (Å²) in [6.45, 7) is 12.2. The van der Waals surface area contributed by atoms with Gasteiger partial charge in [-0.15, -0.1) is 16.4 Å². The van der Waals surface area contributed by atoms with Gasteiger partial charge in [0.2, 0.25) is 5.82 Å². The standard InChI is InChI=1S/C20H28N6OS/c1-5-25(6-2)10-9-21-19(27)17-23-18-16-14-11-12(3)7-8-15(14)28-20(16)22-13(4)26(18)24-17/h12H,5-11H2,1-4H3,(H,21,27)/p+1/t12-/m1/s1. The number of aromatic nitrogens is 4. The van der Waals surface area contributed by atoms with E-state index in [1.165, 1.54) is 21.8 Å². The molecule has 3 aromatic rings. The summed E-state index contributed by atoms with van der Waals surface area (Å²) in [4.78, 5) is 25.9. The van der Waals surface area contributed by atoms with Crippen LogP contribution in [0.4, 0.5) is 0 Å². The summed E-state index contributed by atoms with van der Waals surface area (Å²) < 4.78 is 1.74. The Bertz CT molecular complexity index is 1020. The third-order valence-corrected chi connectivity index (χ3v) is 7.04. The second-order valence-electron chi connectivity index (χ2n) is 7.82. The fourth-order valence-electron chi connectivity index (χ4n) is 4.08. The highest BCUT2D eigenvalue weighted by Crippen LogP contribution is 2.38. The quantitative estimate of drug-likeness (QED) is 0.655. The summed E-state index contributed by atoms with van der Waals surface area (Å²) in [7, 11) is 0. The molecule has 3 heterocycles. The zero-order valence-electron chi connectivity index (χ0n) is 17.1. The minimum absolute atomic E-state index is 0.208. The maximum atomic E-state index is 12.6. The molecule has 8 heteroatoms. The lowest BCUT2D eigenvalue weighted by Gasteiger charge is -2.17. The molecule has 0 aromatic carbocycles. The molecule has 0 aliphatic heterocycles. The first-order chi connectivity index (χ1) is 13.5. The van der Waals surface area contributed by atoms with Gasteiger partial charge < -0.3 is 10.2 Å². The van der Waals surface area contributed by atoms with Gasteiger partial charge in [-0.2, -0.15) is 4.52 Å². The predicted molar refractivity (Wildman–Crippen MR) is 111 cm³/mol. The molecule has 1 atom stereocenters. The molecular weight excluding hydrogens is 372 g/mol. The lowest BCUT2D eigenvalue weighted by Crippen LogP contribution is -3.12. The molecule has 0 bridgehead atoms. The number of fused-ring (bicyclic) bond motifs is 5. The normalized spacial score (nSPS) is 16.8. The van der Waals surface area contributed by atoms with Crippen molar-refractivity contribution in [1.82, 2.24) is 24.9 Å². The van der Waals surface area contributed by atoms with Crippen LogP contribution in [0.25, 0.3) is 15.9 Å². The van der Waals surface area contributed by atoms with Crippen LogP contribution in [-0.4, -0.2) is 51.7 Å². The van der Waals surface area contributed by atoms with Crippen LogP contribution < -0.4 is 10.2 Å². The third-order valence-electron chi connectivity index (χ3n) is 5.86. The lowest BCUT2D eigenvalue weighted by molar-refractivity contribution is -0.895. The Morgan fingerprint density at radius 2 is 2.11 bits per heavy atom. The van der Waals surface area contributed by atoms with E-state index in [2.05, 4.69) is 36.2 Å². The van der Waals surface area contributed by atoms with E-state index in [0.29, 0.717) is 12.5 Å². The molecule has 2 N–H and O–H groups in total. The molecular formula is C20H29N6OS+. The smallest absolute Gasteiger partial charge is 0.291 e. The Morgan fingerprint density at radius 1 is 1.32 bits per heavy atom. The van der Waals surface area contributed by atoms with E-state index in [1.54, 1.807) is 15.9 Å². The van der Waals surface area contributed by atoms with Gasteiger partial charge in [-0.05, 0) is 51.5 Å². The summed E-state index contributed by atoms with van der Waals surface area (Å²) >= 11 is 1.77. The number of hydrogen-bond donors (Lipinski definition) is 2. The average Bonchev–Trinajstić information content (AvgIpc) is 3.26. The molecule has 0 unspecified atom stereocenters. The maximum Gasteiger partial charge on any atom is 0.291 e. The van der Waals surface area contributed by atoms with E-state index in [1.807, 2.05) is 6.92 Å². The van der Waals surface area contributed by atoms with Gasteiger partial charge in [0.1, 0.15) is 10.7 Å². The molecule has 7 nitrogen and oxygen atoms in total. The first kappa shape index (κ1) is 19.3. The van der Waals surface area contributed by atoms with E-state index >= 15 is 0 Å². The molecule has 0 saturated heterocycles. The topological polar surface area (TPSA) is 76.6 Å². The average molecular weight is 402 g/mol. The Kier molecular flexibility index (Phi) is 5.33. The highest BCUT2D eigenvalue weighted by Gasteiger charge is 2.25. The predicted octanol–water partition coefficient (Wildman–Crippen LogP) is 1.43. The van der Waals surface area contributed by atoms with Crippen LogP contribution in [0.15, 0.2) is 0 Å². The van der Waals surface area contributed by atoms with Crippen LogP contribution in [0, 0.1) is 12.8 Å². The SMILES string of the molecule is CC[NH+](CC)CCNC(=O)c1nc2c3c4c(sc3nc(C)n2n1)CC[C@@H](C)C4. The van der Waals surface area contributed by atoms with Gasteiger partial charge >= 0.3 is 0 Å².